The van der Waals surface area contributed by atoms with Gasteiger partial charge in [0.25, 0.3) is 0 Å². The van der Waals surface area contributed by atoms with Gasteiger partial charge >= 0.3 is 0 Å². The van der Waals surface area contributed by atoms with Gasteiger partial charge in [-0.15, -0.1) is 0 Å². The highest BCUT2D eigenvalue weighted by Crippen LogP contribution is 1.96. The predicted molar refractivity (Wildman–Crippen MR) is 42.6 cm³/mol. The summed E-state index contributed by atoms with van der Waals surface area (Å²) in [4.78, 5) is 0. The minimum Gasteiger partial charge on any atom is -0.392 e. The lowest BCUT2D eigenvalue weighted by Gasteiger charge is -2.24. The first-order chi connectivity index (χ1) is 4.45. The molecule has 0 heterocycles. The van der Waals surface area contributed by atoms with Crippen LogP contribution in [-0.2, 0) is 0 Å². The van der Waals surface area contributed by atoms with Gasteiger partial charge in [0.1, 0.15) is 0 Å². The molecule has 3 nitrogen and oxygen atoms in total. The third kappa shape index (κ3) is 6.01. The van der Waals surface area contributed by atoms with E-state index in [1.807, 2.05) is 0 Å². The van der Waals surface area contributed by atoms with E-state index >= 15 is 0 Å². The molecule has 0 saturated heterocycles. The molecule has 0 aromatic heterocycles. The van der Waals surface area contributed by atoms with E-state index in [1.54, 1.807) is 0 Å². The van der Waals surface area contributed by atoms with E-state index < -0.39 is 0 Å². The normalized spacial score (nSPS) is 15.3. The fourth-order valence-corrected chi connectivity index (χ4v) is 0.654. The number of nitrogens with zero attached hydrogens (tertiary/aromatic N) is 1. The van der Waals surface area contributed by atoms with Gasteiger partial charge in [-0.1, -0.05) is 0 Å². The molecular formula is C7H19N2O+. The maximum Gasteiger partial charge on any atom is 0.0805 e. The van der Waals surface area contributed by atoms with Crippen molar-refractivity contribution in [3.05, 3.63) is 0 Å². The highest BCUT2D eigenvalue weighted by molar-refractivity contribution is 4.53. The predicted octanol–water partition coefficient (Wildman–Crippen LogP) is -0.598. The highest BCUT2D eigenvalue weighted by atomic mass is 16.3. The van der Waals surface area contributed by atoms with Crippen LogP contribution in [0.25, 0.3) is 0 Å². The minimum atomic E-state index is -0.322. The van der Waals surface area contributed by atoms with Gasteiger partial charge in [0.15, 0.2) is 0 Å². The molecule has 0 radical (unpaired) electrons. The summed E-state index contributed by atoms with van der Waals surface area (Å²) in [5, 5.41) is 9.09. The number of aliphatic hydroxyl groups is 1. The molecule has 0 saturated carbocycles. The van der Waals surface area contributed by atoms with Gasteiger partial charge in [-0.2, -0.15) is 0 Å². The second kappa shape index (κ2) is 3.91. The van der Waals surface area contributed by atoms with E-state index in [1.165, 1.54) is 0 Å². The van der Waals surface area contributed by atoms with Crippen LogP contribution >= 0.6 is 0 Å². The van der Waals surface area contributed by atoms with E-state index in [0.717, 1.165) is 17.4 Å². The molecular weight excluding hydrogens is 128 g/mol. The molecule has 1 unspecified atom stereocenters. The van der Waals surface area contributed by atoms with Gasteiger partial charge in [0, 0.05) is 13.0 Å². The molecule has 0 fully saturated rings. The van der Waals surface area contributed by atoms with E-state index in [0.29, 0.717) is 6.54 Å². The van der Waals surface area contributed by atoms with Crippen LogP contribution in [0.5, 0.6) is 0 Å². The third-order valence-corrected chi connectivity index (χ3v) is 1.41. The number of aliphatic hydroxyl groups excluding tert-OH is 1. The Morgan fingerprint density at radius 1 is 1.40 bits per heavy atom. The van der Waals surface area contributed by atoms with Crippen LogP contribution in [0, 0.1) is 0 Å². The second-order valence-corrected chi connectivity index (χ2v) is 3.69. The van der Waals surface area contributed by atoms with Crippen molar-refractivity contribution in [1.29, 1.82) is 0 Å². The Balaban J connectivity index is 3.36. The van der Waals surface area contributed by atoms with E-state index in [4.69, 9.17) is 10.8 Å². The summed E-state index contributed by atoms with van der Waals surface area (Å²) in [6.45, 7) is 1.35. The van der Waals surface area contributed by atoms with Crippen LogP contribution in [0.15, 0.2) is 0 Å². The van der Waals surface area contributed by atoms with Gasteiger partial charge in [-0.05, 0) is 0 Å². The summed E-state index contributed by atoms with van der Waals surface area (Å²) >= 11 is 0. The van der Waals surface area contributed by atoms with Crippen LogP contribution in [0.1, 0.15) is 6.42 Å². The largest absolute Gasteiger partial charge is 0.392 e. The molecule has 0 aromatic carbocycles. The number of hydrogen-bond acceptors (Lipinski definition) is 2. The Hall–Kier alpha value is -0.120. The van der Waals surface area contributed by atoms with E-state index in [-0.39, 0.29) is 6.10 Å². The summed E-state index contributed by atoms with van der Waals surface area (Å²) in [6, 6.07) is 0. The maximum absolute atomic E-state index is 9.09. The minimum absolute atomic E-state index is 0.322. The monoisotopic (exact) mass is 147 g/mol. The third-order valence-electron chi connectivity index (χ3n) is 1.41. The fourth-order valence-electron chi connectivity index (χ4n) is 0.654. The summed E-state index contributed by atoms with van der Waals surface area (Å²) in [5.41, 5.74) is 5.24. The quantitative estimate of drug-likeness (QED) is 0.522. The number of quaternary nitrogens is 1. The lowest BCUT2D eigenvalue weighted by molar-refractivity contribution is -0.870. The summed E-state index contributed by atoms with van der Waals surface area (Å²) in [6.07, 6.45) is 0.470. The molecule has 0 aromatic rings. The molecule has 0 bridgehead atoms. The van der Waals surface area contributed by atoms with Crippen molar-refractivity contribution in [1.82, 2.24) is 0 Å². The van der Waals surface area contributed by atoms with Crippen LogP contribution in [0.2, 0.25) is 0 Å². The van der Waals surface area contributed by atoms with Crippen LogP contribution < -0.4 is 5.73 Å². The first-order valence-electron chi connectivity index (χ1n) is 3.64. The lowest BCUT2D eigenvalue weighted by atomic mass is 10.2. The van der Waals surface area contributed by atoms with Crippen molar-refractivity contribution in [2.24, 2.45) is 5.73 Å². The Bertz CT molecular complexity index is 88.1. The molecule has 3 N–H and O–H groups in total. The Labute approximate surface area is 63.0 Å². The van der Waals surface area contributed by atoms with Gasteiger partial charge in [0.05, 0.1) is 33.8 Å². The Morgan fingerprint density at radius 3 is 2.20 bits per heavy atom. The second-order valence-electron chi connectivity index (χ2n) is 3.69. The smallest absolute Gasteiger partial charge is 0.0805 e. The van der Waals surface area contributed by atoms with Gasteiger partial charge < -0.3 is 15.3 Å². The molecule has 1 atom stereocenters. The Morgan fingerprint density at radius 2 is 1.90 bits per heavy atom. The number of rotatable bonds is 4. The number of hydrogen-bond donors (Lipinski definition) is 2. The van der Waals surface area contributed by atoms with Gasteiger partial charge in [-0.25, -0.2) is 0 Å². The zero-order chi connectivity index (χ0) is 8.20. The van der Waals surface area contributed by atoms with Crippen LogP contribution in [-0.4, -0.2) is 49.9 Å². The fraction of sp³-hybridized carbons (Fsp3) is 1.00. The van der Waals surface area contributed by atoms with Crippen LogP contribution in [0.4, 0.5) is 0 Å². The summed E-state index contributed by atoms with van der Waals surface area (Å²) in [5.74, 6) is 0. The first-order valence-corrected chi connectivity index (χ1v) is 3.64. The van der Waals surface area contributed by atoms with Crippen molar-refractivity contribution in [2.75, 3.05) is 34.2 Å². The summed E-state index contributed by atoms with van der Waals surface area (Å²) < 4.78 is 0.886. The SMILES string of the molecule is C[N+](C)(C)CCC(O)CN. The van der Waals surface area contributed by atoms with Crippen molar-refractivity contribution >= 4 is 0 Å². The zero-order valence-electron chi connectivity index (χ0n) is 7.17. The zero-order valence-corrected chi connectivity index (χ0v) is 7.17. The van der Waals surface area contributed by atoms with Crippen LogP contribution in [0.3, 0.4) is 0 Å². The van der Waals surface area contributed by atoms with Crippen molar-refractivity contribution in [3.63, 3.8) is 0 Å². The average Bonchev–Trinajstić information content (AvgIpc) is 1.81. The number of nitrogens with two attached hydrogens (primary N) is 1. The molecule has 0 aliphatic carbocycles. The van der Waals surface area contributed by atoms with Gasteiger partial charge in [-0.3, -0.25) is 0 Å². The van der Waals surface area contributed by atoms with Gasteiger partial charge in [0.2, 0.25) is 0 Å². The molecule has 0 aliphatic heterocycles. The standard InChI is InChI=1S/C7H19N2O/c1-9(2,3)5-4-7(10)6-8/h7,10H,4-6,8H2,1-3H3/q+1. The molecule has 0 aliphatic rings. The topological polar surface area (TPSA) is 46.2 Å². The van der Waals surface area contributed by atoms with E-state index in [9.17, 15) is 0 Å². The molecule has 0 spiro atoms. The molecule has 3 heteroatoms. The summed E-state index contributed by atoms with van der Waals surface area (Å²) in [7, 11) is 6.30. The van der Waals surface area contributed by atoms with E-state index in [2.05, 4.69) is 21.1 Å². The lowest BCUT2D eigenvalue weighted by Crippen LogP contribution is -2.38. The maximum atomic E-state index is 9.09. The first kappa shape index (κ1) is 9.88. The Kier molecular flexibility index (Phi) is 3.86. The molecule has 62 valence electrons. The molecule has 0 rings (SSSR count). The average molecular weight is 147 g/mol. The van der Waals surface area contributed by atoms with Crippen molar-refractivity contribution < 1.29 is 9.59 Å². The van der Waals surface area contributed by atoms with Crippen molar-refractivity contribution in [2.45, 2.75) is 12.5 Å². The van der Waals surface area contributed by atoms with Crippen molar-refractivity contribution in [3.8, 4) is 0 Å². The highest BCUT2D eigenvalue weighted by Gasteiger charge is 2.09. The molecule has 0 amide bonds. The molecule has 10 heavy (non-hydrogen) atoms.